The van der Waals surface area contributed by atoms with Crippen LogP contribution >= 0.6 is 15.9 Å². The van der Waals surface area contributed by atoms with Crippen LogP contribution in [0.1, 0.15) is 43.0 Å². The van der Waals surface area contributed by atoms with E-state index in [4.69, 9.17) is 10.00 Å². The van der Waals surface area contributed by atoms with Crippen LogP contribution in [0.3, 0.4) is 0 Å². The van der Waals surface area contributed by atoms with Crippen molar-refractivity contribution >= 4 is 22.0 Å². The zero-order valence-electron chi connectivity index (χ0n) is 15.2. The van der Waals surface area contributed by atoms with Gasteiger partial charge in [-0.1, -0.05) is 34.1 Å². The van der Waals surface area contributed by atoms with Crippen molar-refractivity contribution in [2.45, 2.75) is 44.8 Å². The van der Waals surface area contributed by atoms with Gasteiger partial charge < -0.3 is 4.74 Å². The summed E-state index contributed by atoms with van der Waals surface area (Å²) in [5.74, 6) is 0. The second kappa shape index (κ2) is 7.13. The van der Waals surface area contributed by atoms with Gasteiger partial charge in [0.2, 0.25) is 0 Å². The third-order valence-electron chi connectivity index (χ3n) is 4.24. The maximum absolute atomic E-state index is 12.5. The van der Waals surface area contributed by atoms with Gasteiger partial charge in [0.25, 0.3) is 0 Å². The SMILES string of the molecule is CC(C)(C)OC(=O)N1Cc2cc(CBr)cc(-c3ccc(C#N)cc3)c2C1. The number of alkyl halides is 1. The number of nitriles is 1. The molecule has 0 bridgehead atoms. The maximum atomic E-state index is 12.5. The van der Waals surface area contributed by atoms with E-state index in [9.17, 15) is 4.79 Å². The number of amides is 1. The van der Waals surface area contributed by atoms with Gasteiger partial charge in [0.1, 0.15) is 5.60 Å². The van der Waals surface area contributed by atoms with Gasteiger partial charge in [-0.25, -0.2) is 4.79 Å². The molecule has 1 aliphatic rings. The van der Waals surface area contributed by atoms with Gasteiger partial charge >= 0.3 is 6.09 Å². The molecule has 0 aliphatic carbocycles. The molecule has 0 radical (unpaired) electrons. The topological polar surface area (TPSA) is 53.3 Å². The van der Waals surface area contributed by atoms with Crippen molar-refractivity contribution in [1.82, 2.24) is 4.90 Å². The minimum atomic E-state index is -0.511. The zero-order valence-corrected chi connectivity index (χ0v) is 16.8. The number of hydrogen-bond acceptors (Lipinski definition) is 3. The molecule has 0 fully saturated rings. The van der Waals surface area contributed by atoms with Gasteiger partial charge in [0.05, 0.1) is 18.2 Å². The summed E-state index contributed by atoms with van der Waals surface area (Å²) in [6.45, 7) is 6.70. The highest BCUT2D eigenvalue weighted by molar-refractivity contribution is 9.08. The Labute approximate surface area is 162 Å². The van der Waals surface area contributed by atoms with Crippen LogP contribution in [0.4, 0.5) is 4.79 Å². The molecule has 0 N–H and O–H groups in total. The molecule has 0 atom stereocenters. The molecular formula is C21H21BrN2O2. The van der Waals surface area contributed by atoms with Crippen LogP contribution in [-0.2, 0) is 23.2 Å². The molecule has 0 saturated heterocycles. The van der Waals surface area contributed by atoms with Crippen LogP contribution < -0.4 is 0 Å². The van der Waals surface area contributed by atoms with Gasteiger partial charge in [-0.15, -0.1) is 0 Å². The summed E-state index contributed by atoms with van der Waals surface area (Å²) in [6, 6.07) is 14.0. The molecule has 5 heteroatoms. The van der Waals surface area contributed by atoms with E-state index in [0.717, 1.165) is 33.1 Å². The third-order valence-corrected chi connectivity index (χ3v) is 4.89. The van der Waals surface area contributed by atoms with Crippen LogP contribution in [-0.4, -0.2) is 16.6 Å². The molecular weight excluding hydrogens is 392 g/mol. The molecule has 0 saturated carbocycles. The number of rotatable bonds is 2. The first-order chi connectivity index (χ1) is 12.3. The predicted octanol–water partition coefficient (Wildman–Crippen LogP) is 5.37. The smallest absolute Gasteiger partial charge is 0.410 e. The lowest BCUT2D eigenvalue weighted by Gasteiger charge is -2.24. The Kier molecular flexibility index (Phi) is 5.06. The quantitative estimate of drug-likeness (QED) is 0.622. The zero-order chi connectivity index (χ0) is 18.9. The van der Waals surface area contributed by atoms with Gasteiger partial charge in [0, 0.05) is 11.9 Å². The van der Waals surface area contributed by atoms with Crippen molar-refractivity contribution in [3.05, 3.63) is 58.7 Å². The Morgan fingerprint density at radius 1 is 1.23 bits per heavy atom. The number of benzene rings is 2. The number of ether oxygens (including phenoxy) is 1. The lowest BCUT2D eigenvalue weighted by atomic mass is 9.94. The highest BCUT2D eigenvalue weighted by atomic mass is 79.9. The molecule has 1 amide bonds. The van der Waals surface area contributed by atoms with Gasteiger partial charge in [0.15, 0.2) is 0 Å². The second-order valence-corrected chi connectivity index (χ2v) is 8.00. The summed E-state index contributed by atoms with van der Waals surface area (Å²) in [5, 5.41) is 9.76. The largest absolute Gasteiger partial charge is 0.444 e. The summed E-state index contributed by atoms with van der Waals surface area (Å²) in [7, 11) is 0. The Hall–Kier alpha value is -2.32. The van der Waals surface area contributed by atoms with Crippen LogP contribution in [0.15, 0.2) is 36.4 Å². The predicted molar refractivity (Wildman–Crippen MR) is 105 cm³/mol. The van der Waals surface area contributed by atoms with E-state index in [1.54, 1.807) is 4.90 Å². The number of carbonyl (C=O) groups excluding carboxylic acids is 1. The maximum Gasteiger partial charge on any atom is 0.410 e. The van der Waals surface area contributed by atoms with Crippen molar-refractivity contribution in [3.63, 3.8) is 0 Å². The Morgan fingerprint density at radius 2 is 1.92 bits per heavy atom. The molecule has 1 heterocycles. The number of carbonyl (C=O) groups is 1. The summed E-state index contributed by atoms with van der Waals surface area (Å²) >= 11 is 3.53. The number of halogens is 1. The summed E-state index contributed by atoms with van der Waals surface area (Å²) < 4.78 is 5.53. The average molecular weight is 413 g/mol. The molecule has 134 valence electrons. The normalized spacial score (nSPS) is 13.3. The first kappa shape index (κ1) is 18.5. The lowest BCUT2D eigenvalue weighted by Crippen LogP contribution is -2.33. The molecule has 3 rings (SSSR count). The van der Waals surface area contributed by atoms with Crippen molar-refractivity contribution in [2.75, 3.05) is 0 Å². The van der Waals surface area contributed by atoms with E-state index in [1.807, 2.05) is 45.0 Å². The minimum absolute atomic E-state index is 0.292. The van der Waals surface area contributed by atoms with Crippen LogP contribution in [0.25, 0.3) is 11.1 Å². The van der Waals surface area contributed by atoms with E-state index < -0.39 is 5.60 Å². The molecule has 1 aliphatic heterocycles. The molecule has 26 heavy (non-hydrogen) atoms. The van der Waals surface area contributed by atoms with Crippen molar-refractivity contribution in [1.29, 1.82) is 5.26 Å². The first-order valence-corrected chi connectivity index (χ1v) is 9.62. The van der Waals surface area contributed by atoms with Crippen LogP contribution in [0.2, 0.25) is 0 Å². The number of nitrogens with zero attached hydrogens (tertiary/aromatic N) is 2. The highest BCUT2D eigenvalue weighted by Crippen LogP contribution is 2.35. The van der Waals surface area contributed by atoms with E-state index in [1.165, 1.54) is 0 Å². The van der Waals surface area contributed by atoms with E-state index in [-0.39, 0.29) is 6.09 Å². The van der Waals surface area contributed by atoms with Gasteiger partial charge in [-0.2, -0.15) is 5.26 Å². The van der Waals surface area contributed by atoms with E-state index >= 15 is 0 Å². The standard InChI is InChI=1S/C21H21BrN2O2/c1-21(2,3)26-20(25)24-12-17-8-15(10-22)9-18(19(17)13-24)16-6-4-14(11-23)5-7-16/h4-9H,10,12-13H2,1-3H3. The molecule has 2 aromatic rings. The fourth-order valence-corrected chi connectivity index (χ4v) is 3.42. The second-order valence-electron chi connectivity index (χ2n) is 7.44. The fraction of sp³-hybridized carbons (Fsp3) is 0.333. The Morgan fingerprint density at radius 3 is 2.50 bits per heavy atom. The monoisotopic (exact) mass is 412 g/mol. The first-order valence-electron chi connectivity index (χ1n) is 8.50. The Bertz CT molecular complexity index is 877. The van der Waals surface area contributed by atoms with Crippen molar-refractivity contribution < 1.29 is 9.53 Å². The van der Waals surface area contributed by atoms with E-state index in [2.05, 4.69) is 34.1 Å². The van der Waals surface area contributed by atoms with Gasteiger partial charge in [-0.05, 0) is 66.8 Å². The molecule has 2 aromatic carbocycles. The molecule has 0 unspecified atom stereocenters. The summed E-state index contributed by atoms with van der Waals surface area (Å²) in [5.41, 5.74) is 5.73. The van der Waals surface area contributed by atoms with Gasteiger partial charge in [-0.3, -0.25) is 4.90 Å². The molecule has 0 spiro atoms. The van der Waals surface area contributed by atoms with Crippen LogP contribution in [0.5, 0.6) is 0 Å². The number of fused-ring (bicyclic) bond motifs is 1. The van der Waals surface area contributed by atoms with E-state index in [0.29, 0.717) is 18.7 Å². The van der Waals surface area contributed by atoms with Crippen molar-refractivity contribution in [3.8, 4) is 17.2 Å². The third kappa shape index (κ3) is 3.91. The minimum Gasteiger partial charge on any atom is -0.444 e. The van der Waals surface area contributed by atoms with Crippen LogP contribution in [0, 0.1) is 11.3 Å². The molecule has 0 aromatic heterocycles. The molecule has 4 nitrogen and oxygen atoms in total. The lowest BCUT2D eigenvalue weighted by molar-refractivity contribution is 0.0242. The summed E-state index contributed by atoms with van der Waals surface area (Å²) in [6.07, 6.45) is -0.292. The fourth-order valence-electron chi connectivity index (χ4n) is 3.09. The summed E-state index contributed by atoms with van der Waals surface area (Å²) in [4.78, 5) is 14.2. The Balaban J connectivity index is 1.96. The highest BCUT2D eigenvalue weighted by Gasteiger charge is 2.29. The van der Waals surface area contributed by atoms with Crippen molar-refractivity contribution in [2.24, 2.45) is 0 Å². The average Bonchev–Trinajstić information content (AvgIpc) is 3.03. The number of hydrogen-bond donors (Lipinski definition) is 0.